The van der Waals surface area contributed by atoms with Crippen LogP contribution in [0, 0.1) is 0 Å². The van der Waals surface area contributed by atoms with Crippen LogP contribution < -0.4 is 5.32 Å². The fourth-order valence-corrected chi connectivity index (χ4v) is 2.89. The second-order valence-corrected chi connectivity index (χ2v) is 5.17. The zero-order valence-corrected chi connectivity index (χ0v) is 10.2. The quantitative estimate of drug-likeness (QED) is 0.836. The number of rotatable bonds is 3. The number of aromatic amines is 1. The summed E-state index contributed by atoms with van der Waals surface area (Å²) in [6, 6.07) is 0. The second kappa shape index (κ2) is 5.19. The van der Waals surface area contributed by atoms with E-state index in [2.05, 4.69) is 15.3 Å². The Morgan fingerprint density at radius 3 is 3.00 bits per heavy atom. The molecule has 17 heavy (non-hydrogen) atoms. The monoisotopic (exact) mass is 235 g/mol. The minimum absolute atomic E-state index is 0.284. The van der Waals surface area contributed by atoms with Gasteiger partial charge in [-0.25, -0.2) is 4.98 Å². The number of H-pyrrole nitrogens is 1. The van der Waals surface area contributed by atoms with E-state index in [4.69, 9.17) is 4.74 Å². The number of aromatic nitrogens is 2. The van der Waals surface area contributed by atoms with Gasteiger partial charge >= 0.3 is 0 Å². The van der Waals surface area contributed by atoms with Crippen LogP contribution in [0.15, 0.2) is 6.20 Å². The molecular weight excluding hydrogens is 214 g/mol. The van der Waals surface area contributed by atoms with Crippen LogP contribution in [0.2, 0.25) is 0 Å². The molecule has 0 aromatic carbocycles. The van der Waals surface area contributed by atoms with Crippen molar-refractivity contribution in [3.05, 3.63) is 17.7 Å². The molecule has 2 fully saturated rings. The maximum Gasteiger partial charge on any atom is 0.108 e. The van der Waals surface area contributed by atoms with Crippen LogP contribution in [-0.4, -0.2) is 35.8 Å². The Kier molecular flexibility index (Phi) is 3.43. The average molecular weight is 235 g/mol. The minimum atomic E-state index is 0.284. The maximum absolute atomic E-state index is 5.69. The van der Waals surface area contributed by atoms with Crippen molar-refractivity contribution in [1.29, 1.82) is 0 Å². The molecule has 0 spiro atoms. The zero-order chi connectivity index (χ0) is 11.5. The van der Waals surface area contributed by atoms with E-state index in [0.717, 1.165) is 37.9 Å². The molecule has 1 saturated heterocycles. The normalized spacial score (nSPS) is 26.5. The molecule has 4 heteroatoms. The van der Waals surface area contributed by atoms with Crippen LogP contribution in [-0.2, 0) is 11.2 Å². The van der Waals surface area contributed by atoms with Crippen molar-refractivity contribution in [3.63, 3.8) is 0 Å². The SMILES string of the molecule is c1nc(CC2CNCCO2)[nH]c1C1CCCC1. The lowest BCUT2D eigenvalue weighted by Gasteiger charge is -2.22. The Balaban J connectivity index is 1.59. The predicted molar refractivity (Wildman–Crippen MR) is 66.1 cm³/mol. The van der Waals surface area contributed by atoms with Crippen LogP contribution in [0.1, 0.15) is 43.1 Å². The van der Waals surface area contributed by atoms with E-state index in [1.807, 2.05) is 6.20 Å². The van der Waals surface area contributed by atoms with Gasteiger partial charge in [-0.3, -0.25) is 0 Å². The number of nitrogens with zero attached hydrogens (tertiary/aromatic N) is 1. The Morgan fingerprint density at radius 2 is 2.24 bits per heavy atom. The molecule has 0 bridgehead atoms. The number of nitrogens with one attached hydrogen (secondary N) is 2. The van der Waals surface area contributed by atoms with Crippen molar-refractivity contribution < 1.29 is 4.74 Å². The van der Waals surface area contributed by atoms with E-state index in [-0.39, 0.29) is 6.10 Å². The predicted octanol–water partition coefficient (Wildman–Crippen LogP) is 1.60. The summed E-state index contributed by atoms with van der Waals surface area (Å²) >= 11 is 0. The molecule has 1 aromatic rings. The van der Waals surface area contributed by atoms with Gasteiger partial charge in [0.25, 0.3) is 0 Å². The van der Waals surface area contributed by atoms with Crippen LogP contribution in [0.4, 0.5) is 0 Å². The molecule has 3 rings (SSSR count). The van der Waals surface area contributed by atoms with Gasteiger partial charge in [-0.15, -0.1) is 0 Å². The first-order valence-corrected chi connectivity index (χ1v) is 6.78. The van der Waals surface area contributed by atoms with Crippen molar-refractivity contribution >= 4 is 0 Å². The summed E-state index contributed by atoms with van der Waals surface area (Å²) in [5.41, 5.74) is 1.33. The number of hydrogen-bond donors (Lipinski definition) is 2. The molecule has 2 N–H and O–H groups in total. The van der Waals surface area contributed by atoms with Gasteiger partial charge in [-0.1, -0.05) is 12.8 Å². The number of ether oxygens (including phenoxy) is 1. The third-order valence-electron chi connectivity index (χ3n) is 3.87. The molecule has 2 heterocycles. The smallest absolute Gasteiger partial charge is 0.108 e. The van der Waals surface area contributed by atoms with Gasteiger partial charge < -0.3 is 15.0 Å². The molecule has 1 atom stereocenters. The largest absolute Gasteiger partial charge is 0.375 e. The highest BCUT2D eigenvalue weighted by molar-refractivity contribution is 5.09. The maximum atomic E-state index is 5.69. The molecule has 1 aliphatic heterocycles. The van der Waals surface area contributed by atoms with Crippen LogP contribution in [0.5, 0.6) is 0 Å². The average Bonchev–Trinajstić information content (AvgIpc) is 3.00. The molecule has 0 radical (unpaired) electrons. The fourth-order valence-electron chi connectivity index (χ4n) is 2.89. The lowest BCUT2D eigenvalue weighted by atomic mass is 10.1. The fraction of sp³-hybridized carbons (Fsp3) is 0.769. The van der Waals surface area contributed by atoms with Crippen molar-refractivity contribution in [2.75, 3.05) is 19.7 Å². The van der Waals surface area contributed by atoms with E-state index in [0.29, 0.717) is 0 Å². The molecule has 1 aromatic heterocycles. The summed E-state index contributed by atoms with van der Waals surface area (Å²) in [7, 11) is 0. The first-order valence-electron chi connectivity index (χ1n) is 6.78. The lowest BCUT2D eigenvalue weighted by molar-refractivity contribution is 0.0281. The molecular formula is C13H21N3O. The molecule has 4 nitrogen and oxygen atoms in total. The molecule has 1 unspecified atom stereocenters. The van der Waals surface area contributed by atoms with Gasteiger partial charge in [0.15, 0.2) is 0 Å². The Bertz CT molecular complexity index is 351. The van der Waals surface area contributed by atoms with E-state index in [1.165, 1.54) is 31.4 Å². The van der Waals surface area contributed by atoms with Gasteiger partial charge in [0.2, 0.25) is 0 Å². The Hall–Kier alpha value is -0.870. The van der Waals surface area contributed by atoms with Crippen molar-refractivity contribution in [2.45, 2.75) is 44.1 Å². The molecule has 1 saturated carbocycles. The summed E-state index contributed by atoms with van der Waals surface area (Å²) in [4.78, 5) is 7.98. The van der Waals surface area contributed by atoms with Gasteiger partial charge in [0, 0.05) is 37.3 Å². The standard InChI is InChI=1S/C13H21N3O/c1-2-4-10(3-1)12-9-15-13(16-12)7-11-8-14-5-6-17-11/h9-11,14H,1-8H2,(H,15,16). The highest BCUT2D eigenvalue weighted by Gasteiger charge is 2.20. The summed E-state index contributed by atoms with van der Waals surface area (Å²) in [5, 5.41) is 3.35. The highest BCUT2D eigenvalue weighted by Crippen LogP contribution is 2.32. The van der Waals surface area contributed by atoms with E-state index in [9.17, 15) is 0 Å². The Morgan fingerprint density at radius 1 is 1.35 bits per heavy atom. The molecule has 94 valence electrons. The van der Waals surface area contributed by atoms with Crippen molar-refractivity contribution in [1.82, 2.24) is 15.3 Å². The minimum Gasteiger partial charge on any atom is -0.375 e. The van der Waals surface area contributed by atoms with E-state index < -0.39 is 0 Å². The first kappa shape index (κ1) is 11.2. The zero-order valence-electron chi connectivity index (χ0n) is 10.2. The Labute approximate surface area is 102 Å². The molecule has 0 amide bonds. The van der Waals surface area contributed by atoms with Crippen molar-refractivity contribution in [2.24, 2.45) is 0 Å². The second-order valence-electron chi connectivity index (χ2n) is 5.17. The summed E-state index contributed by atoms with van der Waals surface area (Å²) in [6.45, 7) is 2.74. The lowest BCUT2D eigenvalue weighted by Crippen LogP contribution is -2.39. The summed E-state index contributed by atoms with van der Waals surface area (Å²) in [5.74, 6) is 1.81. The van der Waals surface area contributed by atoms with Gasteiger partial charge in [-0.05, 0) is 12.8 Å². The third kappa shape index (κ3) is 2.69. The number of hydrogen-bond acceptors (Lipinski definition) is 3. The molecule has 1 aliphatic carbocycles. The number of morpholine rings is 1. The van der Waals surface area contributed by atoms with Crippen LogP contribution in [0.3, 0.4) is 0 Å². The van der Waals surface area contributed by atoms with E-state index >= 15 is 0 Å². The van der Waals surface area contributed by atoms with Gasteiger partial charge in [-0.2, -0.15) is 0 Å². The van der Waals surface area contributed by atoms with E-state index in [1.54, 1.807) is 0 Å². The number of imidazole rings is 1. The van der Waals surface area contributed by atoms with Gasteiger partial charge in [0.05, 0.1) is 12.7 Å². The summed E-state index contributed by atoms with van der Waals surface area (Å²) in [6.07, 6.45) is 8.60. The van der Waals surface area contributed by atoms with Crippen molar-refractivity contribution in [3.8, 4) is 0 Å². The highest BCUT2D eigenvalue weighted by atomic mass is 16.5. The topological polar surface area (TPSA) is 49.9 Å². The van der Waals surface area contributed by atoms with Crippen LogP contribution >= 0.6 is 0 Å². The first-order chi connectivity index (χ1) is 8.42. The van der Waals surface area contributed by atoms with Crippen LogP contribution in [0.25, 0.3) is 0 Å². The van der Waals surface area contributed by atoms with Gasteiger partial charge in [0.1, 0.15) is 5.82 Å². The molecule has 2 aliphatic rings. The third-order valence-corrected chi connectivity index (χ3v) is 3.87. The summed E-state index contributed by atoms with van der Waals surface area (Å²) < 4.78 is 5.69.